The highest BCUT2D eigenvalue weighted by Gasteiger charge is 2.23. The lowest BCUT2D eigenvalue weighted by molar-refractivity contribution is 0.180. The third-order valence-corrected chi connectivity index (χ3v) is 2.00. The lowest BCUT2D eigenvalue weighted by atomic mass is 10.4. The van der Waals surface area contributed by atoms with Gasteiger partial charge < -0.3 is 4.74 Å². The molecule has 14 heavy (non-hydrogen) atoms. The van der Waals surface area contributed by atoms with Gasteiger partial charge in [0.05, 0.1) is 6.20 Å². The van der Waals surface area contributed by atoms with Crippen LogP contribution in [0.25, 0.3) is 0 Å². The maximum Gasteiger partial charge on any atom is 0.147 e. The summed E-state index contributed by atoms with van der Waals surface area (Å²) < 4.78 is 5.59. The largest absolute Gasteiger partial charge is 0.474 e. The standard InChI is InChI=1S/C10H14N2O.ClH/c1-8(12-9-4-5-9)13-10-3-2-6-11-7-10;/h2-3,6-9,12H,4-5H2,1H3;1H. The van der Waals surface area contributed by atoms with E-state index in [1.807, 2.05) is 19.1 Å². The van der Waals surface area contributed by atoms with E-state index in [-0.39, 0.29) is 18.6 Å². The first-order valence-electron chi connectivity index (χ1n) is 4.67. The zero-order valence-electron chi connectivity index (χ0n) is 8.14. The summed E-state index contributed by atoms with van der Waals surface area (Å²) in [7, 11) is 0. The summed E-state index contributed by atoms with van der Waals surface area (Å²) >= 11 is 0. The highest BCUT2D eigenvalue weighted by atomic mass is 35.5. The second-order valence-electron chi connectivity index (χ2n) is 3.39. The molecule has 0 aromatic carbocycles. The minimum Gasteiger partial charge on any atom is -0.474 e. The van der Waals surface area contributed by atoms with E-state index in [0.717, 1.165) is 5.75 Å². The van der Waals surface area contributed by atoms with E-state index in [2.05, 4.69) is 10.3 Å². The highest BCUT2D eigenvalue weighted by molar-refractivity contribution is 5.85. The van der Waals surface area contributed by atoms with Crippen molar-refractivity contribution in [3.8, 4) is 5.75 Å². The molecule has 1 saturated carbocycles. The van der Waals surface area contributed by atoms with E-state index in [1.165, 1.54) is 12.8 Å². The van der Waals surface area contributed by atoms with Gasteiger partial charge in [0, 0.05) is 12.2 Å². The van der Waals surface area contributed by atoms with Crippen molar-refractivity contribution in [2.75, 3.05) is 0 Å². The number of pyridine rings is 1. The molecule has 3 nitrogen and oxygen atoms in total. The van der Waals surface area contributed by atoms with Gasteiger partial charge >= 0.3 is 0 Å². The highest BCUT2D eigenvalue weighted by Crippen LogP contribution is 2.20. The summed E-state index contributed by atoms with van der Waals surface area (Å²) in [6, 6.07) is 4.46. The molecule has 1 heterocycles. The van der Waals surface area contributed by atoms with Crippen LogP contribution in [0.1, 0.15) is 19.8 Å². The molecule has 0 bridgehead atoms. The average Bonchev–Trinajstić information content (AvgIpc) is 2.90. The molecular formula is C10H15ClN2O. The van der Waals surface area contributed by atoms with Crippen LogP contribution in [0.4, 0.5) is 0 Å². The van der Waals surface area contributed by atoms with E-state index >= 15 is 0 Å². The molecule has 1 aliphatic rings. The van der Waals surface area contributed by atoms with Gasteiger partial charge in [0.15, 0.2) is 0 Å². The summed E-state index contributed by atoms with van der Waals surface area (Å²) in [4.78, 5) is 3.98. The zero-order chi connectivity index (χ0) is 9.10. The molecule has 2 rings (SSSR count). The van der Waals surface area contributed by atoms with Crippen molar-refractivity contribution >= 4 is 12.4 Å². The van der Waals surface area contributed by atoms with Crippen LogP contribution >= 0.6 is 12.4 Å². The van der Waals surface area contributed by atoms with E-state index in [9.17, 15) is 0 Å². The van der Waals surface area contributed by atoms with Crippen LogP contribution in [0, 0.1) is 0 Å². The Hall–Kier alpha value is -0.800. The Morgan fingerprint density at radius 1 is 1.57 bits per heavy atom. The van der Waals surface area contributed by atoms with Crippen LogP contribution in [-0.4, -0.2) is 17.3 Å². The fourth-order valence-electron chi connectivity index (χ4n) is 1.24. The second kappa shape index (κ2) is 5.17. The molecule has 1 aromatic heterocycles. The van der Waals surface area contributed by atoms with Gasteiger partial charge in [-0.1, -0.05) is 0 Å². The SMILES string of the molecule is CC(NC1CC1)Oc1cccnc1.Cl. The molecule has 1 aliphatic carbocycles. The molecule has 0 spiro atoms. The molecule has 1 N–H and O–H groups in total. The predicted molar refractivity (Wildman–Crippen MR) is 57.7 cm³/mol. The van der Waals surface area contributed by atoms with Crippen molar-refractivity contribution in [3.05, 3.63) is 24.5 Å². The monoisotopic (exact) mass is 214 g/mol. The Bertz CT molecular complexity index is 264. The fraction of sp³-hybridized carbons (Fsp3) is 0.500. The number of halogens is 1. The molecule has 1 fully saturated rings. The van der Waals surface area contributed by atoms with Crippen molar-refractivity contribution in [1.82, 2.24) is 10.3 Å². The molecule has 0 saturated heterocycles. The summed E-state index contributed by atoms with van der Waals surface area (Å²) in [5.41, 5.74) is 0. The Morgan fingerprint density at radius 3 is 2.93 bits per heavy atom. The van der Waals surface area contributed by atoms with E-state index < -0.39 is 0 Å². The minimum atomic E-state index is 0. The first kappa shape index (κ1) is 11.3. The smallest absolute Gasteiger partial charge is 0.147 e. The van der Waals surface area contributed by atoms with Crippen LogP contribution in [-0.2, 0) is 0 Å². The number of rotatable bonds is 4. The number of nitrogens with zero attached hydrogens (tertiary/aromatic N) is 1. The number of aromatic nitrogens is 1. The molecule has 1 unspecified atom stereocenters. The second-order valence-corrected chi connectivity index (χ2v) is 3.39. The lowest BCUT2D eigenvalue weighted by Gasteiger charge is -2.15. The topological polar surface area (TPSA) is 34.1 Å². The summed E-state index contributed by atoms with van der Waals surface area (Å²) in [6.07, 6.45) is 6.11. The van der Waals surface area contributed by atoms with Crippen LogP contribution in [0.3, 0.4) is 0 Å². The van der Waals surface area contributed by atoms with Crippen LogP contribution < -0.4 is 10.1 Å². The Kier molecular flexibility index (Phi) is 4.17. The normalized spacial score (nSPS) is 16.9. The molecule has 78 valence electrons. The van der Waals surface area contributed by atoms with E-state index in [1.54, 1.807) is 12.4 Å². The van der Waals surface area contributed by atoms with Gasteiger partial charge in [-0.2, -0.15) is 0 Å². The van der Waals surface area contributed by atoms with Gasteiger partial charge in [-0.25, -0.2) is 0 Å². The van der Waals surface area contributed by atoms with Crippen LogP contribution in [0.2, 0.25) is 0 Å². The van der Waals surface area contributed by atoms with Crippen molar-refractivity contribution in [1.29, 1.82) is 0 Å². The Labute approximate surface area is 90.3 Å². The van der Waals surface area contributed by atoms with Crippen molar-refractivity contribution in [2.24, 2.45) is 0 Å². The van der Waals surface area contributed by atoms with Gasteiger partial charge in [-0.3, -0.25) is 10.3 Å². The third-order valence-electron chi connectivity index (χ3n) is 2.00. The molecule has 1 atom stereocenters. The Morgan fingerprint density at radius 2 is 2.36 bits per heavy atom. The fourth-order valence-corrected chi connectivity index (χ4v) is 1.24. The van der Waals surface area contributed by atoms with Gasteiger partial charge in [-0.15, -0.1) is 12.4 Å². The predicted octanol–water partition coefficient (Wildman–Crippen LogP) is 1.98. The maximum atomic E-state index is 5.59. The zero-order valence-corrected chi connectivity index (χ0v) is 8.96. The first-order chi connectivity index (χ1) is 6.34. The molecule has 0 aliphatic heterocycles. The Balaban J connectivity index is 0.000000980. The summed E-state index contributed by atoms with van der Waals surface area (Å²) in [5, 5.41) is 3.35. The lowest BCUT2D eigenvalue weighted by Crippen LogP contribution is -2.33. The number of hydrogen-bond acceptors (Lipinski definition) is 3. The van der Waals surface area contributed by atoms with Crippen LogP contribution in [0.5, 0.6) is 5.75 Å². The summed E-state index contributed by atoms with van der Waals surface area (Å²) in [6.45, 7) is 2.02. The van der Waals surface area contributed by atoms with Crippen LogP contribution in [0.15, 0.2) is 24.5 Å². The van der Waals surface area contributed by atoms with Crippen molar-refractivity contribution in [2.45, 2.75) is 32.0 Å². The van der Waals surface area contributed by atoms with Crippen molar-refractivity contribution in [3.63, 3.8) is 0 Å². The molecule has 4 heteroatoms. The van der Waals surface area contributed by atoms with Gasteiger partial charge in [0.25, 0.3) is 0 Å². The van der Waals surface area contributed by atoms with E-state index in [0.29, 0.717) is 6.04 Å². The van der Waals surface area contributed by atoms with Gasteiger partial charge in [0.2, 0.25) is 0 Å². The maximum absolute atomic E-state index is 5.59. The quantitative estimate of drug-likeness (QED) is 0.779. The molecule has 1 aromatic rings. The number of hydrogen-bond donors (Lipinski definition) is 1. The molecule has 0 radical (unpaired) electrons. The average molecular weight is 215 g/mol. The van der Waals surface area contributed by atoms with Gasteiger partial charge in [0.1, 0.15) is 12.0 Å². The minimum absolute atomic E-state index is 0. The number of nitrogens with one attached hydrogen (secondary N) is 1. The molecule has 0 amide bonds. The summed E-state index contributed by atoms with van der Waals surface area (Å²) in [5.74, 6) is 0.822. The third kappa shape index (κ3) is 3.52. The number of ether oxygens (including phenoxy) is 1. The first-order valence-corrected chi connectivity index (χ1v) is 4.67. The van der Waals surface area contributed by atoms with E-state index in [4.69, 9.17) is 4.74 Å². The van der Waals surface area contributed by atoms with Gasteiger partial charge in [-0.05, 0) is 31.9 Å². The van der Waals surface area contributed by atoms with Crippen molar-refractivity contribution < 1.29 is 4.74 Å². The molecular weight excluding hydrogens is 200 g/mol.